The Kier molecular flexibility index (Phi) is 2.87. The molecule has 2 heterocycles. The Labute approximate surface area is 101 Å². The third-order valence-corrected chi connectivity index (χ3v) is 3.55. The molecule has 3 rings (SSSR count). The molecule has 2 N–H and O–H groups in total. The maximum atomic E-state index is 5.93. The van der Waals surface area contributed by atoms with Gasteiger partial charge in [0.1, 0.15) is 11.3 Å². The zero-order chi connectivity index (χ0) is 11.7. The molecule has 1 aromatic carbocycles. The van der Waals surface area contributed by atoms with Crippen LogP contribution in [0.15, 0.2) is 28.7 Å². The maximum absolute atomic E-state index is 5.93. The standard InChI is InChI=1S/C14H18N2O/c15-9-12-11-5-1-2-6-13(11)17-14(12)10-16-7-3-4-8-16/h1-2,5-6H,3-4,7-10,15H2. The number of fused-ring (bicyclic) bond motifs is 1. The Balaban J connectivity index is 1.96. The predicted molar refractivity (Wildman–Crippen MR) is 68.6 cm³/mol. The highest BCUT2D eigenvalue weighted by molar-refractivity contribution is 5.82. The minimum atomic E-state index is 0.556. The number of rotatable bonds is 3. The van der Waals surface area contributed by atoms with Crippen molar-refractivity contribution in [3.63, 3.8) is 0 Å². The summed E-state index contributed by atoms with van der Waals surface area (Å²) in [6, 6.07) is 8.15. The molecule has 1 aliphatic rings. The van der Waals surface area contributed by atoms with E-state index in [4.69, 9.17) is 10.2 Å². The van der Waals surface area contributed by atoms with Gasteiger partial charge in [0.2, 0.25) is 0 Å². The van der Waals surface area contributed by atoms with E-state index in [1.807, 2.05) is 18.2 Å². The molecule has 1 aliphatic heterocycles. The van der Waals surface area contributed by atoms with Crippen LogP contribution < -0.4 is 5.73 Å². The first-order valence-electron chi connectivity index (χ1n) is 6.30. The van der Waals surface area contributed by atoms with Crippen molar-refractivity contribution in [3.8, 4) is 0 Å². The van der Waals surface area contributed by atoms with Gasteiger partial charge in [-0.25, -0.2) is 0 Å². The topological polar surface area (TPSA) is 42.4 Å². The van der Waals surface area contributed by atoms with Crippen LogP contribution in [0.1, 0.15) is 24.2 Å². The van der Waals surface area contributed by atoms with Crippen LogP contribution in [0.4, 0.5) is 0 Å². The zero-order valence-corrected chi connectivity index (χ0v) is 9.98. The highest BCUT2D eigenvalue weighted by Crippen LogP contribution is 2.27. The van der Waals surface area contributed by atoms with E-state index in [0.29, 0.717) is 6.54 Å². The summed E-state index contributed by atoms with van der Waals surface area (Å²) in [5.41, 5.74) is 7.99. The number of furan rings is 1. The van der Waals surface area contributed by atoms with Crippen LogP contribution in [0.2, 0.25) is 0 Å². The molecule has 0 radical (unpaired) electrons. The summed E-state index contributed by atoms with van der Waals surface area (Å²) in [7, 11) is 0. The van der Waals surface area contributed by atoms with E-state index in [1.165, 1.54) is 36.9 Å². The van der Waals surface area contributed by atoms with Gasteiger partial charge < -0.3 is 10.2 Å². The van der Waals surface area contributed by atoms with Gasteiger partial charge in [0.25, 0.3) is 0 Å². The lowest BCUT2D eigenvalue weighted by Gasteiger charge is -2.13. The lowest BCUT2D eigenvalue weighted by molar-refractivity contribution is 0.300. The second-order valence-corrected chi connectivity index (χ2v) is 4.69. The van der Waals surface area contributed by atoms with Crippen LogP contribution in [0.25, 0.3) is 11.0 Å². The Morgan fingerprint density at radius 2 is 1.94 bits per heavy atom. The molecule has 0 amide bonds. The fraction of sp³-hybridized carbons (Fsp3) is 0.429. The van der Waals surface area contributed by atoms with Crippen molar-refractivity contribution in [1.29, 1.82) is 0 Å². The van der Waals surface area contributed by atoms with E-state index in [2.05, 4.69) is 11.0 Å². The van der Waals surface area contributed by atoms with Crippen molar-refractivity contribution in [3.05, 3.63) is 35.6 Å². The smallest absolute Gasteiger partial charge is 0.134 e. The normalized spacial score (nSPS) is 17.0. The first kappa shape index (κ1) is 10.8. The summed E-state index contributed by atoms with van der Waals surface area (Å²) in [5, 5.41) is 1.17. The SMILES string of the molecule is NCc1c(CN2CCCC2)oc2ccccc12. The number of hydrogen-bond donors (Lipinski definition) is 1. The maximum Gasteiger partial charge on any atom is 0.134 e. The molecule has 1 fully saturated rings. The fourth-order valence-electron chi connectivity index (χ4n) is 2.64. The molecule has 0 unspecified atom stereocenters. The van der Waals surface area contributed by atoms with Gasteiger partial charge >= 0.3 is 0 Å². The second-order valence-electron chi connectivity index (χ2n) is 4.69. The van der Waals surface area contributed by atoms with E-state index in [-0.39, 0.29) is 0 Å². The molecule has 2 aromatic rings. The first-order valence-corrected chi connectivity index (χ1v) is 6.30. The molecule has 1 saturated heterocycles. The number of nitrogens with two attached hydrogens (primary N) is 1. The van der Waals surface area contributed by atoms with Crippen LogP contribution in [0.5, 0.6) is 0 Å². The Morgan fingerprint density at radius 3 is 2.71 bits per heavy atom. The van der Waals surface area contributed by atoms with Crippen LogP contribution in [-0.2, 0) is 13.1 Å². The molecular formula is C14H18N2O. The van der Waals surface area contributed by atoms with Gasteiger partial charge in [-0.1, -0.05) is 18.2 Å². The number of benzene rings is 1. The fourth-order valence-corrected chi connectivity index (χ4v) is 2.64. The highest BCUT2D eigenvalue weighted by Gasteiger charge is 2.18. The molecule has 3 nitrogen and oxygen atoms in total. The molecular weight excluding hydrogens is 212 g/mol. The van der Waals surface area contributed by atoms with Gasteiger partial charge in [-0.2, -0.15) is 0 Å². The summed E-state index contributed by atoms with van der Waals surface area (Å²) in [6.07, 6.45) is 2.61. The van der Waals surface area contributed by atoms with Crippen LogP contribution in [0.3, 0.4) is 0 Å². The second kappa shape index (κ2) is 4.51. The molecule has 0 atom stereocenters. The van der Waals surface area contributed by atoms with Gasteiger partial charge in [-0.15, -0.1) is 0 Å². The zero-order valence-electron chi connectivity index (χ0n) is 9.98. The quantitative estimate of drug-likeness (QED) is 0.880. The average Bonchev–Trinajstić information content (AvgIpc) is 2.96. The number of nitrogens with zero attached hydrogens (tertiary/aromatic N) is 1. The average molecular weight is 230 g/mol. The first-order chi connectivity index (χ1) is 8.38. The van der Waals surface area contributed by atoms with E-state index < -0.39 is 0 Å². The third-order valence-electron chi connectivity index (χ3n) is 3.55. The largest absolute Gasteiger partial charge is 0.459 e. The highest BCUT2D eigenvalue weighted by atomic mass is 16.3. The van der Waals surface area contributed by atoms with Crippen molar-refractivity contribution in [2.75, 3.05) is 13.1 Å². The monoisotopic (exact) mass is 230 g/mol. The molecule has 0 bridgehead atoms. The lowest BCUT2D eigenvalue weighted by Crippen LogP contribution is -2.19. The lowest BCUT2D eigenvalue weighted by atomic mass is 10.1. The van der Waals surface area contributed by atoms with E-state index >= 15 is 0 Å². The van der Waals surface area contributed by atoms with Crippen molar-refractivity contribution < 1.29 is 4.42 Å². The molecule has 0 saturated carbocycles. The number of hydrogen-bond acceptors (Lipinski definition) is 3. The predicted octanol–water partition coefficient (Wildman–Crippen LogP) is 2.49. The molecule has 17 heavy (non-hydrogen) atoms. The molecule has 0 spiro atoms. The number of likely N-dealkylation sites (tertiary alicyclic amines) is 1. The Bertz CT molecular complexity index is 512. The molecule has 3 heteroatoms. The van der Waals surface area contributed by atoms with Crippen molar-refractivity contribution in [2.45, 2.75) is 25.9 Å². The van der Waals surface area contributed by atoms with Gasteiger partial charge in [0, 0.05) is 17.5 Å². The van der Waals surface area contributed by atoms with Crippen molar-refractivity contribution >= 4 is 11.0 Å². The summed E-state index contributed by atoms with van der Waals surface area (Å²) in [4.78, 5) is 2.44. The summed E-state index contributed by atoms with van der Waals surface area (Å²) in [6.45, 7) is 3.82. The minimum absolute atomic E-state index is 0.556. The van der Waals surface area contributed by atoms with Gasteiger partial charge in [-0.3, -0.25) is 4.90 Å². The summed E-state index contributed by atoms with van der Waals surface area (Å²) >= 11 is 0. The van der Waals surface area contributed by atoms with Crippen LogP contribution >= 0.6 is 0 Å². The van der Waals surface area contributed by atoms with Crippen molar-refractivity contribution in [1.82, 2.24) is 4.90 Å². The van der Waals surface area contributed by atoms with Crippen LogP contribution in [0, 0.1) is 0 Å². The Hall–Kier alpha value is -1.32. The molecule has 1 aromatic heterocycles. The number of para-hydroxylation sites is 1. The van der Waals surface area contributed by atoms with Gasteiger partial charge in [0.05, 0.1) is 6.54 Å². The summed E-state index contributed by atoms with van der Waals surface area (Å²) in [5.74, 6) is 1.05. The van der Waals surface area contributed by atoms with Gasteiger partial charge in [-0.05, 0) is 32.0 Å². The minimum Gasteiger partial charge on any atom is -0.459 e. The van der Waals surface area contributed by atoms with E-state index in [1.54, 1.807) is 0 Å². The summed E-state index contributed by atoms with van der Waals surface area (Å²) < 4.78 is 5.93. The molecule has 90 valence electrons. The van der Waals surface area contributed by atoms with E-state index in [9.17, 15) is 0 Å². The van der Waals surface area contributed by atoms with E-state index in [0.717, 1.165) is 17.9 Å². The molecule has 0 aliphatic carbocycles. The third kappa shape index (κ3) is 1.96. The Morgan fingerprint density at radius 1 is 1.18 bits per heavy atom. The van der Waals surface area contributed by atoms with Crippen molar-refractivity contribution in [2.24, 2.45) is 5.73 Å². The van der Waals surface area contributed by atoms with Gasteiger partial charge in [0.15, 0.2) is 0 Å². The van der Waals surface area contributed by atoms with Crippen LogP contribution in [-0.4, -0.2) is 18.0 Å².